The standard InChI is InChI=1S/C34H49FO3/c1-4-6-8-9-10-26(3)37-31-24-20-30(21-25-31)29-18-14-27(15-19-29)12-13-28-16-22-32(23-17-28)38-34(36)33(35)11-7-5-2/h14-15,18-21,24-26,28,32-33H,4-13,16-17,22-23H2,1-3H3/t26-,28?,32?,33+/m1/s1. The molecule has 38 heavy (non-hydrogen) atoms. The highest BCUT2D eigenvalue weighted by atomic mass is 19.1. The molecule has 0 aromatic heterocycles. The van der Waals surface area contributed by atoms with Crippen molar-refractivity contribution in [3.05, 3.63) is 54.1 Å². The molecule has 0 bridgehead atoms. The van der Waals surface area contributed by atoms with Gasteiger partial charge in [0.25, 0.3) is 0 Å². The fourth-order valence-corrected chi connectivity index (χ4v) is 5.39. The molecule has 2 aromatic carbocycles. The number of unbranched alkanes of at least 4 members (excludes halogenated alkanes) is 4. The van der Waals surface area contributed by atoms with Gasteiger partial charge in [-0.3, -0.25) is 0 Å². The number of alkyl halides is 1. The van der Waals surface area contributed by atoms with E-state index in [0.717, 1.165) is 63.5 Å². The molecule has 1 aliphatic carbocycles. The second-order valence-electron chi connectivity index (χ2n) is 11.2. The number of carbonyl (C=O) groups excluding carboxylic acids is 1. The lowest BCUT2D eigenvalue weighted by molar-refractivity contribution is -0.157. The summed E-state index contributed by atoms with van der Waals surface area (Å²) in [4.78, 5) is 11.9. The molecule has 0 unspecified atom stereocenters. The molecular formula is C34H49FO3. The van der Waals surface area contributed by atoms with Gasteiger partial charge in [0.2, 0.25) is 0 Å². The van der Waals surface area contributed by atoms with Crippen molar-refractivity contribution in [2.24, 2.45) is 5.92 Å². The highest BCUT2D eigenvalue weighted by Gasteiger charge is 2.27. The summed E-state index contributed by atoms with van der Waals surface area (Å²) < 4.78 is 25.4. The molecule has 1 aliphatic rings. The van der Waals surface area contributed by atoms with E-state index in [4.69, 9.17) is 9.47 Å². The molecule has 0 amide bonds. The Labute approximate surface area is 230 Å². The van der Waals surface area contributed by atoms with Crippen molar-refractivity contribution in [2.45, 2.75) is 129 Å². The number of hydrogen-bond acceptors (Lipinski definition) is 3. The molecule has 3 nitrogen and oxygen atoms in total. The zero-order valence-electron chi connectivity index (χ0n) is 23.9. The first-order valence-electron chi connectivity index (χ1n) is 15.2. The zero-order valence-corrected chi connectivity index (χ0v) is 23.9. The first-order chi connectivity index (χ1) is 18.5. The van der Waals surface area contributed by atoms with Crippen LogP contribution in [-0.4, -0.2) is 24.3 Å². The van der Waals surface area contributed by atoms with E-state index < -0.39 is 12.1 Å². The van der Waals surface area contributed by atoms with Crippen LogP contribution in [-0.2, 0) is 16.0 Å². The molecule has 1 fully saturated rings. The summed E-state index contributed by atoms with van der Waals surface area (Å²) in [6.45, 7) is 6.40. The number of benzene rings is 2. The summed E-state index contributed by atoms with van der Waals surface area (Å²) in [5.74, 6) is 0.933. The van der Waals surface area contributed by atoms with Crippen LogP contribution in [0.1, 0.15) is 110 Å². The highest BCUT2D eigenvalue weighted by Crippen LogP contribution is 2.31. The van der Waals surface area contributed by atoms with E-state index >= 15 is 0 Å². The molecule has 0 saturated heterocycles. The fourth-order valence-electron chi connectivity index (χ4n) is 5.39. The molecule has 3 rings (SSSR count). The average Bonchev–Trinajstić information content (AvgIpc) is 2.94. The largest absolute Gasteiger partial charge is 0.491 e. The van der Waals surface area contributed by atoms with Gasteiger partial charge in [0.05, 0.1) is 6.10 Å². The number of aryl methyl sites for hydroxylation is 1. The van der Waals surface area contributed by atoms with Crippen molar-refractivity contribution < 1.29 is 18.7 Å². The Bertz CT molecular complexity index is 916. The second kappa shape index (κ2) is 16.6. The van der Waals surface area contributed by atoms with Gasteiger partial charge in [-0.05, 0) is 99.5 Å². The maximum atomic E-state index is 13.9. The van der Waals surface area contributed by atoms with Crippen molar-refractivity contribution >= 4 is 5.97 Å². The summed E-state index contributed by atoms with van der Waals surface area (Å²) in [6, 6.07) is 17.4. The van der Waals surface area contributed by atoms with Gasteiger partial charge < -0.3 is 9.47 Å². The minimum atomic E-state index is -1.46. The van der Waals surface area contributed by atoms with Crippen molar-refractivity contribution in [2.75, 3.05) is 0 Å². The lowest BCUT2D eigenvalue weighted by atomic mass is 9.83. The number of carbonyl (C=O) groups is 1. The zero-order chi connectivity index (χ0) is 27.2. The number of halogens is 1. The van der Waals surface area contributed by atoms with E-state index in [1.54, 1.807) is 0 Å². The van der Waals surface area contributed by atoms with Crippen LogP contribution in [0.2, 0.25) is 0 Å². The lowest BCUT2D eigenvalue weighted by Gasteiger charge is -2.28. The van der Waals surface area contributed by atoms with Crippen LogP contribution in [0.15, 0.2) is 48.5 Å². The third kappa shape index (κ3) is 10.4. The monoisotopic (exact) mass is 524 g/mol. The molecule has 210 valence electrons. The first kappa shape index (κ1) is 30.2. The molecule has 2 aromatic rings. The van der Waals surface area contributed by atoms with Gasteiger partial charge in [-0.15, -0.1) is 0 Å². The van der Waals surface area contributed by atoms with Gasteiger partial charge in [0.1, 0.15) is 11.9 Å². The maximum Gasteiger partial charge on any atom is 0.340 e. The number of ether oxygens (including phenoxy) is 2. The van der Waals surface area contributed by atoms with Gasteiger partial charge in [-0.1, -0.05) is 82.3 Å². The maximum absolute atomic E-state index is 13.9. The molecule has 0 radical (unpaired) electrons. The van der Waals surface area contributed by atoms with Crippen LogP contribution < -0.4 is 4.74 Å². The normalized spacial score (nSPS) is 19.1. The highest BCUT2D eigenvalue weighted by molar-refractivity contribution is 5.74. The van der Waals surface area contributed by atoms with E-state index in [-0.39, 0.29) is 18.6 Å². The van der Waals surface area contributed by atoms with Gasteiger partial charge in [-0.2, -0.15) is 0 Å². The van der Waals surface area contributed by atoms with E-state index in [9.17, 15) is 9.18 Å². The van der Waals surface area contributed by atoms with Crippen LogP contribution >= 0.6 is 0 Å². The Kier molecular flexibility index (Phi) is 13.2. The number of hydrogen-bond donors (Lipinski definition) is 0. The molecule has 2 atom stereocenters. The fraction of sp³-hybridized carbons (Fsp3) is 0.618. The van der Waals surface area contributed by atoms with Crippen molar-refractivity contribution in [1.82, 2.24) is 0 Å². The predicted molar refractivity (Wildman–Crippen MR) is 155 cm³/mol. The van der Waals surface area contributed by atoms with E-state index in [1.165, 1.54) is 42.4 Å². The Balaban J connectivity index is 1.37. The van der Waals surface area contributed by atoms with Crippen LogP contribution in [0.25, 0.3) is 11.1 Å². The summed E-state index contributed by atoms with van der Waals surface area (Å²) in [6.07, 6.45) is 12.8. The van der Waals surface area contributed by atoms with Crippen LogP contribution in [0.3, 0.4) is 0 Å². The summed E-state index contributed by atoms with van der Waals surface area (Å²) in [5.41, 5.74) is 3.79. The Morgan fingerprint density at radius 2 is 1.47 bits per heavy atom. The Hall–Kier alpha value is -2.36. The first-order valence-corrected chi connectivity index (χ1v) is 15.2. The van der Waals surface area contributed by atoms with Crippen LogP contribution in [0.4, 0.5) is 4.39 Å². The topological polar surface area (TPSA) is 35.5 Å². The number of rotatable bonds is 16. The van der Waals surface area contributed by atoms with Crippen molar-refractivity contribution in [1.29, 1.82) is 0 Å². The van der Waals surface area contributed by atoms with Gasteiger partial charge in [-0.25, -0.2) is 9.18 Å². The quantitative estimate of drug-likeness (QED) is 0.162. The summed E-state index contributed by atoms with van der Waals surface area (Å²) in [5, 5.41) is 0. The molecule has 0 heterocycles. The van der Waals surface area contributed by atoms with E-state index in [2.05, 4.69) is 62.4 Å². The molecular weight excluding hydrogens is 475 g/mol. The third-order valence-electron chi connectivity index (χ3n) is 7.93. The van der Waals surface area contributed by atoms with Crippen molar-refractivity contribution in [3.8, 4) is 16.9 Å². The van der Waals surface area contributed by atoms with Gasteiger partial charge >= 0.3 is 5.97 Å². The summed E-state index contributed by atoms with van der Waals surface area (Å²) >= 11 is 0. The third-order valence-corrected chi connectivity index (χ3v) is 7.93. The van der Waals surface area contributed by atoms with E-state index in [0.29, 0.717) is 5.92 Å². The van der Waals surface area contributed by atoms with Crippen LogP contribution in [0, 0.1) is 5.92 Å². The lowest BCUT2D eigenvalue weighted by Crippen LogP contribution is -2.29. The predicted octanol–water partition coefficient (Wildman–Crippen LogP) is 9.65. The Morgan fingerprint density at radius 3 is 2.11 bits per heavy atom. The van der Waals surface area contributed by atoms with Crippen molar-refractivity contribution in [3.63, 3.8) is 0 Å². The minimum absolute atomic E-state index is 0.108. The summed E-state index contributed by atoms with van der Waals surface area (Å²) in [7, 11) is 0. The van der Waals surface area contributed by atoms with Gasteiger partial charge in [0.15, 0.2) is 6.17 Å². The molecule has 0 aliphatic heterocycles. The molecule has 0 spiro atoms. The molecule has 0 N–H and O–H groups in total. The molecule has 4 heteroatoms. The Morgan fingerprint density at radius 1 is 0.842 bits per heavy atom. The smallest absolute Gasteiger partial charge is 0.340 e. The number of esters is 1. The van der Waals surface area contributed by atoms with E-state index in [1.807, 2.05) is 6.92 Å². The SMILES string of the molecule is CCCCCC[C@@H](C)Oc1ccc(-c2ccc(CCC3CCC(OC(=O)[C@@H](F)CCCC)CC3)cc2)cc1. The minimum Gasteiger partial charge on any atom is -0.491 e. The molecule has 1 saturated carbocycles. The van der Waals surface area contributed by atoms with Crippen LogP contribution in [0.5, 0.6) is 5.75 Å². The second-order valence-corrected chi connectivity index (χ2v) is 11.2. The average molecular weight is 525 g/mol. The van der Waals surface area contributed by atoms with Gasteiger partial charge in [0, 0.05) is 0 Å².